The molecular weight excluding hydrogens is 404 g/mol. The third-order valence-electron chi connectivity index (χ3n) is 3.83. The molecule has 0 heterocycles. The molecule has 0 aliphatic heterocycles. The SMILES string of the molecule is CC(C)NCCOCCOCCOCCOCCOCCOCCOCCNC(C)C. The number of rotatable bonds is 26. The summed E-state index contributed by atoms with van der Waals surface area (Å²) in [4.78, 5) is 0. The van der Waals surface area contributed by atoms with E-state index in [-0.39, 0.29) is 0 Å². The topological polar surface area (TPSA) is 88.7 Å². The van der Waals surface area contributed by atoms with Crippen LogP contribution in [0.2, 0.25) is 0 Å². The van der Waals surface area contributed by atoms with Crippen molar-refractivity contribution in [3.8, 4) is 0 Å². The minimum absolute atomic E-state index is 0.492. The Morgan fingerprint density at radius 2 is 0.548 bits per heavy atom. The third-order valence-corrected chi connectivity index (χ3v) is 3.83. The normalized spacial score (nSPS) is 11.8. The summed E-state index contributed by atoms with van der Waals surface area (Å²) in [5.74, 6) is 0. The van der Waals surface area contributed by atoms with Crippen molar-refractivity contribution >= 4 is 0 Å². The lowest BCUT2D eigenvalue weighted by Crippen LogP contribution is -2.27. The fourth-order valence-corrected chi connectivity index (χ4v) is 2.26. The summed E-state index contributed by atoms with van der Waals surface area (Å²) < 4.78 is 38.1. The maximum atomic E-state index is 5.45. The maximum Gasteiger partial charge on any atom is 0.0701 e. The van der Waals surface area contributed by atoms with Gasteiger partial charge in [-0.05, 0) is 0 Å². The van der Waals surface area contributed by atoms with Gasteiger partial charge in [0.15, 0.2) is 0 Å². The van der Waals surface area contributed by atoms with Gasteiger partial charge in [-0.1, -0.05) is 27.7 Å². The average molecular weight is 453 g/mol. The van der Waals surface area contributed by atoms with Gasteiger partial charge in [0.05, 0.1) is 92.5 Å². The molecule has 2 N–H and O–H groups in total. The van der Waals surface area contributed by atoms with Crippen LogP contribution in [0.3, 0.4) is 0 Å². The first-order valence-corrected chi connectivity index (χ1v) is 11.6. The Hall–Kier alpha value is -0.360. The van der Waals surface area contributed by atoms with Gasteiger partial charge < -0.3 is 43.8 Å². The van der Waals surface area contributed by atoms with E-state index < -0.39 is 0 Å². The molecular formula is C22H48N2O7. The van der Waals surface area contributed by atoms with E-state index in [4.69, 9.17) is 33.2 Å². The van der Waals surface area contributed by atoms with E-state index >= 15 is 0 Å². The molecule has 0 rings (SSSR count). The molecule has 0 aromatic heterocycles. The highest BCUT2D eigenvalue weighted by molar-refractivity contribution is 4.51. The number of ether oxygens (including phenoxy) is 7. The molecule has 0 spiro atoms. The second kappa shape index (κ2) is 25.9. The van der Waals surface area contributed by atoms with Crippen molar-refractivity contribution in [3.05, 3.63) is 0 Å². The minimum atomic E-state index is 0.492. The summed E-state index contributed by atoms with van der Waals surface area (Å²) in [6.07, 6.45) is 0. The van der Waals surface area contributed by atoms with Crippen LogP contribution in [0.4, 0.5) is 0 Å². The highest BCUT2D eigenvalue weighted by Gasteiger charge is 1.96. The fraction of sp³-hybridized carbons (Fsp3) is 1.00. The van der Waals surface area contributed by atoms with Crippen LogP contribution in [0.25, 0.3) is 0 Å². The Morgan fingerprint density at radius 1 is 0.355 bits per heavy atom. The van der Waals surface area contributed by atoms with Gasteiger partial charge in [-0.25, -0.2) is 0 Å². The van der Waals surface area contributed by atoms with E-state index in [0.29, 0.717) is 105 Å². The van der Waals surface area contributed by atoms with Gasteiger partial charge in [0.1, 0.15) is 0 Å². The Labute approximate surface area is 189 Å². The molecule has 31 heavy (non-hydrogen) atoms. The quantitative estimate of drug-likeness (QED) is 0.187. The Bertz CT molecular complexity index is 307. The molecule has 0 bridgehead atoms. The van der Waals surface area contributed by atoms with E-state index in [1.165, 1.54) is 0 Å². The molecule has 0 aliphatic rings. The van der Waals surface area contributed by atoms with Gasteiger partial charge in [0.25, 0.3) is 0 Å². The summed E-state index contributed by atoms with van der Waals surface area (Å²) in [6.45, 7) is 18.5. The van der Waals surface area contributed by atoms with Crippen LogP contribution in [0, 0.1) is 0 Å². The minimum Gasteiger partial charge on any atom is -0.378 e. The van der Waals surface area contributed by atoms with Crippen LogP contribution < -0.4 is 10.6 Å². The van der Waals surface area contributed by atoms with Gasteiger partial charge in [-0.15, -0.1) is 0 Å². The molecule has 0 fully saturated rings. The monoisotopic (exact) mass is 452 g/mol. The molecule has 0 unspecified atom stereocenters. The molecule has 0 aromatic carbocycles. The van der Waals surface area contributed by atoms with Crippen LogP contribution >= 0.6 is 0 Å². The van der Waals surface area contributed by atoms with Crippen molar-refractivity contribution < 1.29 is 33.2 Å². The molecule has 0 saturated carbocycles. The Morgan fingerprint density at radius 3 is 0.742 bits per heavy atom. The summed E-state index contributed by atoms with van der Waals surface area (Å²) >= 11 is 0. The third kappa shape index (κ3) is 29.6. The van der Waals surface area contributed by atoms with Gasteiger partial charge in [0.2, 0.25) is 0 Å². The van der Waals surface area contributed by atoms with Gasteiger partial charge >= 0.3 is 0 Å². The van der Waals surface area contributed by atoms with Crippen LogP contribution in [0.5, 0.6) is 0 Å². The smallest absolute Gasteiger partial charge is 0.0701 e. The Kier molecular flexibility index (Phi) is 25.6. The van der Waals surface area contributed by atoms with Gasteiger partial charge in [0, 0.05) is 25.2 Å². The predicted molar refractivity (Wildman–Crippen MR) is 122 cm³/mol. The molecule has 9 nitrogen and oxygen atoms in total. The van der Waals surface area contributed by atoms with E-state index in [1.807, 2.05) is 0 Å². The number of hydrogen-bond acceptors (Lipinski definition) is 9. The summed E-state index contributed by atoms with van der Waals surface area (Å²) in [7, 11) is 0. The Balaban J connectivity index is 3.01. The van der Waals surface area contributed by atoms with Crippen molar-refractivity contribution in [1.29, 1.82) is 0 Å². The molecule has 0 amide bonds. The molecule has 0 atom stereocenters. The standard InChI is InChI=1S/C22H48N2O7/c1-21(2)23-5-7-25-9-11-27-13-15-29-17-19-31-20-18-30-16-14-28-12-10-26-8-6-24-22(3)4/h21-24H,5-20H2,1-4H3. The highest BCUT2D eigenvalue weighted by atomic mass is 16.6. The van der Waals surface area contributed by atoms with Crippen LogP contribution in [0.1, 0.15) is 27.7 Å². The second-order valence-electron chi connectivity index (χ2n) is 7.50. The van der Waals surface area contributed by atoms with Crippen LogP contribution in [0.15, 0.2) is 0 Å². The fourth-order valence-electron chi connectivity index (χ4n) is 2.26. The second-order valence-corrected chi connectivity index (χ2v) is 7.50. The molecule has 0 aliphatic carbocycles. The van der Waals surface area contributed by atoms with E-state index in [9.17, 15) is 0 Å². The van der Waals surface area contributed by atoms with Gasteiger partial charge in [-0.2, -0.15) is 0 Å². The van der Waals surface area contributed by atoms with Crippen LogP contribution in [-0.2, 0) is 33.2 Å². The average Bonchev–Trinajstić information content (AvgIpc) is 2.73. The summed E-state index contributed by atoms with van der Waals surface area (Å²) in [5.41, 5.74) is 0. The number of nitrogens with one attached hydrogen (secondary N) is 2. The largest absolute Gasteiger partial charge is 0.378 e. The lowest BCUT2D eigenvalue weighted by atomic mass is 10.4. The van der Waals surface area contributed by atoms with E-state index in [1.54, 1.807) is 0 Å². The van der Waals surface area contributed by atoms with Crippen molar-refractivity contribution in [2.24, 2.45) is 0 Å². The van der Waals surface area contributed by atoms with Crippen molar-refractivity contribution in [2.45, 2.75) is 39.8 Å². The van der Waals surface area contributed by atoms with Crippen molar-refractivity contribution in [1.82, 2.24) is 10.6 Å². The molecule has 0 aromatic rings. The van der Waals surface area contributed by atoms with E-state index in [0.717, 1.165) is 13.1 Å². The summed E-state index contributed by atoms with van der Waals surface area (Å²) in [6, 6.07) is 0.984. The lowest BCUT2D eigenvalue weighted by molar-refractivity contribution is -0.0203. The highest BCUT2D eigenvalue weighted by Crippen LogP contribution is 1.85. The zero-order chi connectivity index (χ0) is 22.8. The van der Waals surface area contributed by atoms with Crippen molar-refractivity contribution in [2.75, 3.05) is 106 Å². The lowest BCUT2D eigenvalue weighted by Gasteiger charge is -2.10. The molecule has 0 saturated heterocycles. The predicted octanol–water partition coefficient (Wildman–Crippen LogP) is 1.10. The van der Waals surface area contributed by atoms with E-state index in [2.05, 4.69) is 38.3 Å². The molecule has 0 radical (unpaired) electrons. The maximum absolute atomic E-state index is 5.45. The first kappa shape index (κ1) is 30.6. The van der Waals surface area contributed by atoms with Crippen LogP contribution in [-0.4, -0.2) is 118 Å². The molecule has 188 valence electrons. The zero-order valence-corrected chi connectivity index (χ0v) is 20.3. The molecule has 9 heteroatoms. The van der Waals surface area contributed by atoms with Crippen molar-refractivity contribution in [3.63, 3.8) is 0 Å². The zero-order valence-electron chi connectivity index (χ0n) is 20.3. The first-order chi connectivity index (χ1) is 15.1. The van der Waals surface area contributed by atoms with Gasteiger partial charge in [-0.3, -0.25) is 0 Å². The number of hydrogen-bond donors (Lipinski definition) is 2. The summed E-state index contributed by atoms with van der Waals surface area (Å²) in [5, 5.41) is 6.59. The first-order valence-electron chi connectivity index (χ1n) is 11.6.